The van der Waals surface area contributed by atoms with Gasteiger partial charge in [-0.3, -0.25) is 14.9 Å². The highest BCUT2D eigenvalue weighted by molar-refractivity contribution is 6.31. The molecule has 2 aromatic rings. The first-order valence-corrected chi connectivity index (χ1v) is 8.06. The fourth-order valence-electron chi connectivity index (χ4n) is 2.17. The summed E-state index contributed by atoms with van der Waals surface area (Å²) < 4.78 is 11.1. The Morgan fingerprint density at radius 3 is 2.81 bits per heavy atom. The molecule has 0 spiro atoms. The molecule has 11 heteroatoms. The van der Waals surface area contributed by atoms with Crippen molar-refractivity contribution in [2.24, 2.45) is 0 Å². The van der Waals surface area contributed by atoms with Gasteiger partial charge in [-0.15, -0.1) is 5.10 Å². The molecule has 0 saturated carbocycles. The number of halogens is 1. The van der Waals surface area contributed by atoms with E-state index in [4.69, 9.17) is 21.1 Å². The lowest BCUT2D eigenvalue weighted by Crippen LogP contribution is -2.42. The van der Waals surface area contributed by atoms with Gasteiger partial charge in [0, 0.05) is 18.7 Å². The summed E-state index contributed by atoms with van der Waals surface area (Å²) in [5, 5.41) is 16.9. The monoisotopic (exact) mass is 382 g/mol. The van der Waals surface area contributed by atoms with Crippen LogP contribution in [0.5, 0.6) is 0 Å². The molecule has 1 aromatic carbocycles. The highest BCUT2D eigenvalue weighted by atomic mass is 35.5. The van der Waals surface area contributed by atoms with E-state index in [1.807, 2.05) is 0 Å². The molecular weight excluding hydrogens is 364 g/mol. The van der Waals surface area contributed by atoms with Gasteiger partial charge in [0.1, 0.15) is 12.4 Å². The molecule has 1 aromatic heterocycles. The van der Waals surface area contributed by atoms with Gasteiger partial charge in [-0.1, -0.05) is 11.6 Å². The van der Waals surface area contributed by atoms with Crippen LogP contribution in [0.2, 0.25) is 5.02 Å². The smallest absolute Gasteiger partial charge is 0.322 e. The molecule has 140 valence electrons. The number of anilines is 1. The molecule has 0 radical (unpaired) electrons. The number of hydrogen-bond donors (Lipinski definition) is 2. The number of carbonyl (C=O) groups is 2. The number of amides is 1. The van der Waals surface area contributed by atoms with Crippen LogP contribution in [-0.4, -0.2) is 65.5 Å². The molecule has 0 unspecified atom stereocenters. The molecule has 10 nitrogen and oxygen atoms in total. The average molecular weight is 383 g/mol. The molecule has 2 N–H and O–H groups in total. The Labute approximate surface area is 154 Å². The van der Waals surface area contributed by atoms with Crippen molar-refractivity contribution in [1.29, 1.82) is 0 Å². The van der Waals surface area contributed by atoms with Gasteiger partial charge in [0.05, 0.1) is 25.0 Å². The summed E-state index contributed by atoms with van der Waals surface area (Å²) in [4.78, 5) is 24.0. The highest BCUT2D eigenvalue weighted by Gasteiger charge is 2.20. The number of nitrogens with one attached hydrogen (secondary N) is 2. The van der Waals surface area contributed by atoms with E-state index >= 15 is 0 Å². The third kappa shape index (κ3) is 5.48. The van der Waals surface area contributed by atoms with E-state index in [-0.39, 0.29) is 12.5 Å². The first kappa shape index (κ1) is 19.8. The molecule has 1 heterocycles. The van der Waals surface area contributed by atoms with Crippen LogP contribution in [0.1, 0.15) is 6.42 Å². The zero-order valence-corrected chi connectivity index (χ0v) is 15.1. The summed E-state index contributed by atoms with van der Waals surface area (Å²) in [5.74, 6) is -0.833. The Kier molecular flexibility index (Phi) is 7.45. The number of aromatic nitrogens is 4. The quantitative estimate of drug-likeness (QED) is 0.599. The van der Waals surface area contributed by atoms with Crippen molar-refractivity contribution in [3.05, 3.63) is 29.5 Å². The summed E-state index contributed by atoms with van der Waals surface area (Å²) in [7, 11) is 2.81. The average Bonchev–Trinajstić information content (AvgIpc) is 3.15. The van der Waals surface area contributed by atoms with E-state index in [1.54, 1.807) is 18.2 Å². The Hall–Kier alpha value is -2.56. The number of methoxy groups -OCH3 is 2. The number of rotatable bonds is 9. The second-order valence-corrected chi connectivity index (χ2v) is 5.64. The minimum atomic E-state index is -0.649. The fraction of sp³-hybridized carbons (Fsp3) is 0.400. The Morgan fingerprint density at radius 2 is 2.15 bits per heavy atom. The lowest BCUT2D eigenvalue weighted by atomic mass is 10.2. The number of ether oxygens (including phenoxy) is 2. The first-order chi connectivity index (χ1) is 12.5. The largest absolute Gasteiger partial charge is 0.468 e. The normalized spacial score (nSPS) is 11.8. The number of nitrogens with zero attached hydrogens (tertiary/aromatic N) is 4. The molecule has 0 saturated heterocycles. The molecule has 0 bridgehead atoms. The SMILES string of the molecule is COCC[C@H](NCC(=O)Nc1cc(Cl)ccc1-n1cnnn1)C(=O)OC. The van der Waals surface area contributed by atoms with Crippen LogP contribution >= 0.6 is 11.6 Å². The van der Waals surface area contributed by atoms with Gasteiger partial charge in [0.25, 0.3) is 0 Å². The van der Waals surface area contributed by atoms with Gasteiger partial charge in [0.2, 0.25) is 5.91 Å². The maximum Gasteiger partial charge on any atom is 0.322 e. The van der Waals surface area contributed by atoms with E-state index in [0.29, 0.717) is 29.4 Å². The first-order valence-electron chi connectivity index (χ1n) is 7.68. The van der Waals surface area contributed by atoms with Crippen molar-refractivity contribution in [2.45, 2.75) is 12.5 Å². The predicted octanol–water partition coefficient (Wildman–Crippen LogP) is 0.422. The van der Waals surface area contributed by atoms with E-state index in [2.05, 4.69) is 26.2 Å². The standard InChI is InChI=1S/C15H19ClN6O4/c1-25-6-5-11(15(24)26-2)17-8-14(23)19-12-7-10(16)3-4-13(12)22-9-18-20-21-22/h3-4,7,9,11,17H,5-6,8H2,1-2H3,(H,19,23)/t11-/m0/s1. The van der Waals surface area contributed by atoms with Crippen molar-refractivity contribution in [3.63, 3.8) is 0 Å². The maximum atomic E-state index is 12.3. The van der Waals surface area contributed by atoms with Crippen molar-refractivity contribution in [1.82, 2.24) is 25.5 Å². The summed E-state index contributed by atoms with van der Waals surface area (Å²) >= 11 is 6.00. The third-order valence-corrected chi connectivity index (χ3v) is 3.67. The van der Waals surface area contributed by atoms with Gasteiger partial charge in [-0.05, 0) is 35.0 Å². The molecule has 1 amide bonds. The van der Waals surface area contributed by atoms with Crippen molar-refractivity contribution >= 4 is 29.2 Å². The lowest BCUT2D eigenvalue weighted by Gasteiger charge is -2.16. The summed E-state index contributed by atoms with van der Waals surface area (Å²) in [6, 6.07) is 4.27. The fourth-order valence-corrected chi connectivity index (χ4v) is 2.34. The van der Waals surface area contributed by atoms with Crippen LogP contribution in [0, 0.1) is 0 Å². The number of hydrogen-bond acceptors (Lipinski definition) is 8. The molecule has 0 aliphatic heterocycles. The Morgan fingerprint density at radius 1 is 1.35 bits per heavy atom. The van der Waals surface area contributed by atoms with E-state index < -0.39 is 12.0 Å². The topological polar surface area (TPSA) is 120 Å². The van der Waals surface area contributed by atoms with Gasteiger partial charge in [0.15, 0.2) is 0 Å². The van der Waals surface area contributed by atoms with Crippen LogP contribution in [0.3, 0.4) is 0 Å². The van der Waals surface area contributed by atoms with Crippen LogP contribution in [0.15, 0.2) is 24.5 Å². The predicted molar refractivity (Wildman–Crippen MR) is 93.1 cm³/mol. The minimum Gasteiger partial charge on any atom is -0.468 e. The van der Waals surface area contributed by atoms with Crippen LogP contribution < -0.4 is 10.6 Å². The van der Waals surface area contributed by atoms with Gasteiger partial charge >= 0.3 is 5.97 Å². The van der Waals surface area contributed by atoms with Gasteiger partial charge in [-0.2, -0.15) is 4.68 Å². The van der Waals surface area contributed by atoms with E-state index in [0.717, 1.165) is 0 Å². The zero-order chi connectivity index (χ0) is 18.9. The summed E-state index contributed by atoms with van der Waals surface area (Å²) in [6.45, 7) is 0.247. The summed E-state index contributed by atoms with van der Waals surface area (Å²) in [5.41, 5.74) is 0.986. The molecule has 0 aliphatic rings. The lowest BCUT2D eigenvalue weighted by molar-refractivity contribution is -0.143. The maximum absolute atomic E-state index is 12.3. The molecule has 0 fully saturated rings. The minimum absolute atomic E-state index is 0.106. The summed E-state index contributed by atoms with van der Waals surface area (Å²) in [6.07, 6.45) is 1.78. The van der Waals surface area contributed by atoms with E-state index in [9.17, 15) is 9.59 Å². The Bertz CT molecular complexity index is 740. The third-order valence-electron chi connectivity index (χ3n) is 3.43. The van der Waals surface area contributed by atoms with Crippen LogP contribution in [0.4, 0.5) is 5.69 Å². The molecule has 1 atom stereocenters. The number of benzene rings is 1. The highest BCUT2D eigenvalue weighted by Crippen LogP contribution is 2.23. The van der Waals surface area contributed by atoms with Crippen LogP contribution in [0.25, 0.3) is 5.69 Å². The Balaban J connectivity index is 2.03. The number of tetrazole rings is 1. The molecule has 26 heavy (non-hydrogen) atoms. The molecule has 0 aliphatic carbocycles. The van der Waals surface area contributed by atoms with Gasteiger partial charge < -0.3 is 14.8 Å². The van der Waals surface area contributed by atoms with E-state index in [1.165, 1.54) is 25.2 Å². The van der Waals surface area contributed by atoms with Crippen molar-refractivity contribution < 1.29 is 19.1 Å². The number of carbonyl (C=O) groups excluding carboxylic acids is 2. The number of esters is 1. The second kappa shape index (κ2) is 9.80. The molecule has 2 rings (SSSR count). The van der Waals surface area contributed by atoms with Crippen molar-refractivity contribution in [2.75, 3.05) is 32.7 Å². The zero-order valence-electron chi connectivity index (χ0n) is 14.3. The molecular formula is C15H19ClN6O4. The second-order valence-electron chi connectivity index (χ2n) is 5.20. The van der Waals surface area contributed by atoms with Gasteiger partial charge in [-0.25, -0.2) is 0 Å². The van der Waals surface area contributed by atoms with Crippen LogP contribution in [-0.2, 0) is 19.1 Å². The van der Waals surface area contributed by atoms with Crippen molar-refractivity contribution in [3.8, 4) is 5.69 Å².